The third kappa shape index (κ3) is 4.94. The molecular formula is C22H15BrClNO2. The van der Waals surface area contributed by atoms with Gasteiger partial charge in [0.2, 0.25) is 5.78 Å². The SMILES string of the molecule is O=C(/C=C(\Nc1ccc(Br)c(Cl)c1)C(=O)c1ccccc1)c1ccccc1. The van der Waals surface area contributed by atoms with Gasteiger partial charge in [-0.1, -0.05) is 72.3 Å². The van der Waals surface area contributed by atoms with Gasteiger partial charge in [0.1, 0.15) is 0 Å². The number of benzene rings is 3. The van der Waals surface area contributed by atoms with E-state index >= 15 is 0 Å². The number of carbonyl (C=O) groups excluding carboxylic acids is 2. The number of rotatable bonds is 6. The number of nitrogens with one attached hydrogen (secondary N) is 1. The van der Waals surface area contributed by atoms with Crippen LogP contribution in [0.1, 0.15) is 20.7 Å². The molecule has 134 valence electrons. The summed E-state index contributed by atoms with van der Waals surface area (Å²) in [7, 11) is 0. The van der Waals surface area contributed by atoms with Crippen LogP contribution in [0, 0.1) is 0 Å². The molecule has 3 rings (SSSR count). The summed E-state index contributed by atoms with van der Waals surface area (Å²) in [4.78, 5) is 25.5. The van der Waals surface area contributed by atoms with Crippen LogP contribution in [0.3, 0.4) is 0 Å². The average molecular weight is 441 g/mol. The molecule has 0 aliphatic carbocycles. The maximum atomic E-state index is 12.9. The molecule has 0 saturated carbocycles. The molecule has 0 heterocycles. The molecule has 27 heavy (non-hydrogen) atoms. The number of Topliss-reactive ketones (excluding diaryl/α,β-unsaturated/α-hetero) is 1. The summed E-state index contributed by atoms with van der Waals surface area (Å²) in [6.45, 7) is 0. The van der Waals surface area contributed by atoms with E-state index in [1.165, 1.54) is 6.08 Å². The minimum absolute atomic E-state index is 0.174. The van der Waals surface area contributed by atoms with Crippen LogP contribution in [0.25, 0.3) is 0 Å². The minimum Gasteiger partial charge on any atom is -0.352 e. The van der Waals surface area contributed by atoms with Crippen LogP contribution in [0.2, 0.25) is 5.02 Å². The maximum absolute atomic E-state index is 12.9. The molecule has 0 aromatic heterocycles. The van der Waals surface area contributed by atoms with Gasteiger partial charge < -0.3 is 5.32 Å². The highest BCUT2D eigenvalue weighted by Crippen LogP contribution is 2.26. The molecule has 3 nitrogen and oxygen atoms in total. The molecule has 3 aromatic carbocycles. The maximum Gasteiger partial charge on any atom is 0.209 e. The van der Waals surface area contributed by atoms with Gasteiger partial charge in [-0.15, -0.1) is 0 Å². The molecule has 0 saturated heterocycles. The lowest BCUT2D eigenvalue weighted by molar-refractivity contribution is 0.101. The highest BCUT2D eigenvalue weighted by atomic mass is 79.9. The van der Waals surface area contributed by atoms with Crippen LogP contribution < -0.4 is 5.32 Å². The Labute approximate surface area is 170 Å². The molecule has 0 spiro atoms. The zero-order valence-electron chi connectivity index (χ0n) is 14.2. The van der Waals surface area contributed by atoms with Crippen molar-refractivity contribution in [3.63, 3.8) is 0 Å². The summed E-state index contributed by atoms with van der Waals surface area (Å²) in [6, 6.07) is 22.8. The average Bonchev–Trinajstić information content (AvgIpc) is 2.71. The van der Waals surface area contributed by atoms with Crippen molar-refractivity contribution < 1.29 is 9.59 Å². The first-order chi connectivity index (χ1) is 13.0. The molecule has 0 unspecified atom stereocenters. The normalized spacial score (nSPS) is 11.1. The summed E-state index contributed by atoms with van der Waals surface area (Å²) >= 11 is 9.47. The Morgan fingerprint density at radius 3 is 2.04 bits per heavy atom. The fraction of sp³-hybridized carbons (Fsp3) is 0. The first-order valence-corrected chi connectivity index (χ1v) is 9.34. The van der Waals surface area contributed by atoms with Crippen LogP contribution in [-0.4, -0.2) is 11.6 Å². The minimum atomic E-state index is -0.279. The zero-order chi connectivity index (χ0) is 19.2. The molecule has 0 aliphatic heterocycles. The second-order valence-corrected chi connectivity index (χ2v) is 7.00. The van der Waals surface area contributed by atoms with E-state index in [1.807, 2.05) is 12.1 Å². The van der Waals surface area contributed by atoms with Gasteiger partial charge in [-0.05, 0) is 34.1 Å². The molecule has 3 aromatic rings. The van der Waals surface area contributed by atoms with E-state index in [4.69, 9.17) is 11.6 Å². The number of halogens is 2. The highest BCUT2D eigenvalue weighted by Gasteiger charge is 2.15. The van der Waals surface area contributed by atoms with Crippen molar-refractivity contribution in [1.29, 1.82) is 0 Å². The van der Waals surface area contributed by atoms with Crippen LogP contribution in [0.15, 0.2) is 95.1 Å². The number of allylic oxidation sites excluding steroid dienone is 2. The van der Waals surface area contributed by atoms with Gasteiger partial charge in [-0.25, -0.2) is 0 Å². The van der Waals surface area contributed by atoms with Gasteiger partial charge in [0, 0.05) is 27.4 Å². The predicted octanol–water partition coefficient (Wildman–Crippen LogP) is 6.16. The van der Waals surface area contributed by atoms with Crippen LogP contribution in [0.5, 0.6) is 0 Å². The van der Waals surface area contributed by atoms with E-state index in [0.717, 1.165) is 4.47 Å². The van der Waals surface area contributed by atoms with Gasteiger partial charge in [0.05, 0.1) is 10.7 Å². The fourth-order valence-corrected chi connectivity index (χ4v) is 2.88. The van der Waals surface area contributed by atoms with E-state index in [2.05, 4.69) is 21.2 Å². The summed E-state index contributed by atoms with van der Waals surface area (Å²) < 4.78 is 0.745. The number of anilines is 1. The molecule has 0 fully saturated rings. The lowest BCUT2D eigenvalue weighted by Gasteiger charge is -2.11. The third-order valence-electron chi connectivity index (χ3n) is 3.81. The first kappa shape index (κ1) is 19.1. The third-order valence-corrected chi connectivity index (χ3v) is 5.05. The van der Waals surface area contributed by atoms with Crippen LogP contribution in [0.4, 0.5) is 5.69 Å². The van der Waals surface area contributed by atoms with Crippen molar-refractivity contribution in [2.45, 2.75) is 0 Å². The van der Waals surface area contributed by atoms with Crippen molar-refractivity contribution in [2.75, 3.05) is 5.32 Å². The second-order valence-electron chi connectivity index (χ2n) is 5.74. The quantitative estimate of drug-likeness (QED) is 0.368. The number of ketones is 2. The summed E-state index contributed by atoms with van der Waals surface area (Å²) in [6.07, 6.45) is 1.32. The van der Waals surface area contributed by atoms with Crippen molar-refractivity contribution in [1.82, 2.24) is 0 Å². The molecule has 0 atom stereocenters. The summed E-state index contributed by atoms with van der Waals surface area (Å²) in [5.41, 5.74) is 1.78. The van der Waals surface area contributed by atoms with Crippen molar-refractivity contribution in [3.05, 3.63) is 111 Å². The van der Waals surface area contributed by atoms with E-state index in [-0.39, 0.29) is 17.3 Å². The van der Waals surface area contributed by atoms with Crippen molar-refractivity contribution in [2.24, 2.45) is 0 Å². The largest absolute Gasteiger partial charge is 0.352 e. The Bertz CT molecular complexity index is 1000. The number of hydrogen-bond acceptors (Lipinski definition) is 3. The molecule has 0 radical (unpaired) electrons. The first-order valence-electron chi connectivity index (χ1n) is 8.17. The van der Waals surface area contributed by atoms with Crippen LogP contribution >= 0.6 is 27.5 Å². The fourth-order valence-electron chi connectivity index (χ4n) is 2.45. The number of carbonyl (C=O) groups is 2. The van der Waals surface area contributed by atoms with Gasteiger partial charge >= 0.3 is 0 Å². The molecule has 5 heteroatoms. The Balaban J connectivity index is 1.97. The highest BCUT2D eigenvalue weighted by molar-refractivity contribution is 9.10. The van der Waals surface area contributed by atoms with Crippen LogP contribution in [-0.2, 0) is 0 Å². The van der Waals surface area contributed by atoms with Gasteiger partial charge in [-0.3, -0.25) is 9.59 Å². The summed E-state index contributed by atoms with van der Waals surface area (Å²) in [5, 5.41) is 3.53. The Morgan fingerprint density at radius 1 is 0.852 bits per heavy atom. The smallest absolute Gasteiger partial charge is 0.209 e. The topological polar surface area (TPSA) is 46.2 Å². The lowest BCUT2D eigenvalue weighted by atomic mass is 10.0. The molecule has 0 amide bonds. The van der Waals surface area contributed by atoms with Gasteiger partial charge in [0.15, 0.2) is 5.78 Å². The monoisotopic (exact) mass is 439 g/mol. The summed E-state index contributed by atoms with van der Waals surface area (Å²) in [5.74, 6) is -0.537. The second kappa shape index (κ2) is 8.80. The lowest BCUT2D eigenvalue weighted by Crippen LogP contribution is -2.14. The molecule has 0 bridgehead atoms. The standard InChI is InChI=1S/C22H15BrClNO2/c23-18-12-11-17(13-19(18)24)25-20(22(27)16-9-5-2-6-10-16)14-21(26)15-7-3-1-4-8-15/h1-14,25H/b20-14-. The van der Waals surface area contributed by atoms with Crippen molar-refractivity contribution >= 4 is 44.8 Å². The zero-order valence-corrected chi connectivity index (χ0v) is 16.5. The Kier molecular flexibility index (Phi) is 6.22. The predicted molar refractivity (Wildman–Crippen MR) is 112 cm³/mol. The molecule has 0 aliphatic rings. The Morgan fingerprint density at radius 2 is 1.44 bits per heavy atom. The molecular weight excluding hydrogens is 426 g/mol. The van der Waals surface area contributed by atoms with E-state index in [0.29, 0.717) is 21.8 Å². The van der Waals surface area contributed by atoms with E-state index < -0.39 is 0 Å². The van der Waals surface area contributed by atoms with Gasteiger partial charge in [0.25, 0.3) is 0 Å². The van der Waals surface area contributed by atoms with Crippen molar-refractivity contribution in [3.8, 4) is 0 Å². The van der Waals surface area contributed by atoms with Gasteiger partial charge in [-0.2, -0.15) is 0 Å². The number of hydrogen-bond donors (Lipinski definition) is 1. The van der Waals surface area contributed by atoms with E-state index in [9.17, 15) is 9.59 Å². The Hall–Kier alpha value is -2.69. The molecule has 1 N–H and O–H groups in total. The van der Waals surface area contributed by atoms with E-state index in [1.54, 1.807) is 66.7 Å².